The second-order valence-electron chi connectivity index (χ2n) is 4.42. The van der Waals surface area contributed by atoms with E-state index in [9.17, 15) is 4.79 Å². The first-order chi connectivity index (χ1) is 9.58. The van der Waals surface area contributed by atoms with Gasteiger partial charge in [0.15, 0.2) is 5.13 Å². The van der Waals surface area contributed by atoms with Crippen LogP contribution < -0.4 is 11.1 Å². The molecule has 0 aliphatic rings. The lowest BCUT2D eigenvalue weighted by atomic mass is 10.1. The van der Waals surface area contributed by atoms with E-state index in [4.69, 9.17) is 17.3 Å². The van der Waals surface area contributed by atoms with Gasteiger partial charge in [0.05, 0.1) is 5.69 Å². The van der Waals surface area contributed by atoms with Gasteiger partial charge in [0.1, 0.15) is 0 Å². The highest BCUT2D eigenvalue weighted by atomic mass is 35.5. The summed E-state index contributed by atoms with van der Waals surface area (Å²) in [5.41, 5.74) is 7.40. The van der Waals surface area contributed by atoms with Crippen LogP contribution in [0.5, 0.6) is 0 Å². The zero-order valence-corrected chi connectivity index (χ0v) is 12.7. The number of anilines is 1. The summed E-state index contributed by atoms with van der Waals surface area (Å²) in [4.78, 5) is 17.0. The maximum Gasteiger partial charge on any atom is 0.227 e. The molecule has 0 saturated heterocycles. The topological polar surface area (TPSA) is 68.0 Å². The van der Waals surface area contributed by atoms with Gasteiger partial charge in [0, 0.05) is 29.3 Å². The second-order valence-corrected chi connectivity index (χ2v) is 5.94. The minimum absolute atomic E-state index is 0.101. The lowest BCUT2D eigenvalue weighted by molar-refractivity contribution is -0.116. The van der Waals surface area contributed by atoms with Crippen LogP contribution in [0.2, 0.25) is 5.02 Å². The van der Waals surface area contributed by atoms with Crippen LogP contribution in [0.3, 0.4) is 0 Å². The van der Waals surface area contributed by atoms with Crippen molar-refractivity contribution < 1.29 is 4.79 Å². The van der Waals surface area contributed by atoms with Crippen LogP contribution in [0.1, 0.15) is 22.6 Å². The molecule has 0 atom stereocenters. The number of aryl methyl sites for hydroxylation is 1. The van der Waals surface area contributed by atoms with Gasteiger partial charge in [0.2, 0.25) is 5.91 Å². The molecule has 0 unspecified atom stereocenters. The summed E-state index contributed by atoms with van der Waals surface area (Å²) in [5, 5.41) is 4.11. The monoisotopic (exact) mass is 309 g/mol. The molecule has 0 radical (unpaired) electrons. The molecule has 0 bridgehead atoms. The summed E-state index contributed by atoms with van der Waals surface area (Å²) < 4.78 is 0. The lowest BCUT2D eigenvalue weighted by Crippen LogP contribution is -2.15. The molecule has 0 aliphatic heterocycles. The van der Waals surface area contributed by atoms with Crippen molar-refractivity contribution in [3.05, 3.63) is 45.4 Å². The fraction of sp³-hybridized carbons (Fsp3) is 0.286. The molecule has 20 heavy (non-hydrogen) atoms. The van der Waals surface area contributed by atoms with E-state index in [-0.39, 0.29) is 5.91 Å². The molecule has 0 fully saturated rings. The standard InChI is InChI=1S/C14H16ClN3OS/c1-9-12(8-10-3-2-4-11(15)7-10)20-14(17-9)18-13(19)5-6-16/h2-4,7H,5-6,8,16H2,1H3,(H,17,18,19). The number of thiazole rings is 1. The van der Waals surface area contributed by atoms with Crippen LogP contribution in [-0.4, -0.2) is 17.4 Å². The minimum atomic E-state index is -0.101. The van der Waals surface area contributed by atoms with Crippen molar-refractivity contribution in [2.24, 2.45) is 5.73 Å². The number of hydrogen-bond donors (Lipinski definition) is 2. The predicted octanol–water partition coefficient (Wildman–Crippen LogP) is 2.98. The number of carbonyl (C=O) groups is 1. The molecule has 2 rings (SSSR count). The van der Waals surface area contributed by atoms with Crippen LogP contribution in [-0.2, 0) is 11.2 Å². The van der Waals surface area contributed by atoms with Gasteiger partial charge in [0.25, 0.3) is 0 Å². The summed E-state index contributed by atoms with van der Waals surface area (Å²) in [6.07, 6.45) is 1.07. The fourth-order valence-electron chi connectivity index (χ4n) is 1.79. The Labute approximate surface area is 127 Å². The van der Waals surface area contributed by atoms with Gasteiger partial charge < -0.3 is 11.1 Å². The molecule has 1 amide bonds. The third-order valence-corrected chi connectivity index (χ3v) is 4.07. The Bertz CT molecular complexity index is 612. The molecule has 3 N–H and O–H groups in total. The molecule has 0 saturated carbocycles. The van der Waals surface area contributed by atoms with E-state index in [1.54, 1.807) is 0 Å². The number of benzene rings is 1. The number of rotatable bonds is 5. The van der Waals surface area contributed by atoms with Gasteiger partial charge in [-0.15, -0.1) is 11.3 Å². The predicted molar refractivity (Wildman–Crippen MR) is 83.4 cm³/mol. The second kappa shape index (κ2) is 6.83. The van der Waals surface area contributed by atoms with E-state index in [1.807, 2.05) is 31.2 Å². The van der Waals surface area contributed by atoms with Crippen LogP contribution in [0, 0.1) is 6.92 Å². The molecular formula is C14H16ClN3OS. The highest BCUT2D eigenvalue weighted by Gasteiger charge is 2.10. The Balaban J connectivity index is 2.09. The highest BCUT2D eigenvalue weighted by molar-refractivity contribution is 7.15. The highest BCUT2D eigenvalue weighted by Crippen LogP contribution is 2.26. The van der Waals surface area contributed by atoms with E-state index in [0.29, 0.717) is 18.1 Å². The Morgan fingerprint density at radius 2 is 2.30 bits per heavy atom. The van der Waals surface area contributed by atoms with Gasteiger partial charge >= 0.3 is 0 Å². The van der Waals surface area contributed by atoms with Crippen molar-refractivity contribution in [2.75, 3.05) is 11.9 Å². The molecule has 6 heteroatoms. The number of aromatic nitrogens is 1. The molecule has 0 spiro atoms. The minimum Gasteiger partial charge on any atom is -0.330 e. The fourth-order valence-corrected chi connectivity index (χ4v) is 3.02. The summed E-state index contributed by atoms with van der Waals surface area (Å²) in [6, 6.07) is 7.74. The Kier molecular flexibility index (Phi) is 5.11. The molecule has 106 valence electrons. The average molecular weight is 310 g/mol. The molecule has 2 aromatic rings. The van der Waals surface area contributed by atoms with E-state index in [0.717, 1.165) is 27.6 Å². The van der Waals surface area contributed by atoms with E-state index >= 15 is 0 Å². The smallest absolute Gasteiger partial charge is 0.227 e. The summed E-state index contributed by atoms with van der Waals surface area (Å²) in [7, 11) is 0. The summed E-state index contributed by atoms with van der Waals surface area (Å²) in [5.74, 6) is -0.101. The van der Waals surface area contributed by atoms with E-state index in [2.05, 4.69) is 10.3 Å². The zero-order chi connectivity index (χ0) is 14.5. The number of hydrogen-bond acceptors (Lipinski definition) is 4. The third-order valence-electron chi connectivity index (χ3n) is 2.76. The number of carbonyl (C=O) groups excluding carboxylic acids is 1. The lowest BCUT2D eigenvalue weighted by Gasteiger charge is -2.00. The van der Waals surface area contributed by atoms with Gasteiger partial charge in [-0.25, -0.2) is 4.98 Å². The Morgan fingerprint density at radius 1 is 1.50 bits per heavy atom. The number of amides is 1. The maximum absolute atomic E-state index is 11.5. The molecule has 1 aromatic heterocycles. The normalized spacial score (nSPS) is 10.6. The maximum atomic E-state index is 11.5. The van der Waals surface area contributed by atoms with E-state index in [1.165, 1.54) is 11.3 Å². The first kappa shape index (κ1) is 15.0. The molecule has 1 aromatic carbocycles. The average Bonchev–Trinajstić information content (AvgIpc) is 2.69. The summed E-state index contributed by atoms with van der Waals surface area (Å²) in [6.45, 7) is 2.28. The van der Waals surface area contributed by atoms with Crippen molar-refractivity contribution in [3.63, 3.8) is 0 Å². The summed E-state index contributed by atoms with van der Waals surface area (Å²) >= 11 is 7.47. The molecule has 0 aliphatic carbocycles. The SMILES string of the molecule is Cc1nc(NC(=O)CCN)sc1Cc1cccc(Cl)c1. The zero-order valence-electron chi connectivity index (χ0n) is 11.1. The van der Waals surface area contributed by atoms with Crippen molar-refractivity contribution in [2.45, 2.75) is 19.8 Å². The van der Waals surface area contributed by atoms with Crippen molar-refractivity contribution in [3.8, 4) is 0 Å². The first-order valence-corrected chi connectivity index (χ1v) is 7.48. The largest absolute Gasteiger partial charge is 0.330 e. The van der Waals surface area contributed by atoms with Crippen LogP contribution >= 0.6 is 22.9 Å². The number of nitrogens with one attached hydrogen (secondary N) is 1. The van der Waals surface area contributed by atoms with Gasteiger partial charge in [-0.3, -0.25) is 4.79 Å². The van der Waals surface area contributed by atoms with Crippen molar-refractivity contribution >= 4 is 34.0 Å². The van der Waals surface area contributed by atoms with Crippen molar-refractivity contribution in [1.82, 2.24) is 4.98 Å². The number of nitrogens with two attached hydrogens (primary N) is 1. The molecule has 4 nitrogen and oxygen atoms in total. The van der Waals surface area contributed by atoms with E-state index < -0.39 is 0 Å². The first-order valence-electron chi connectivity index (χ1n) is 6.29. The number of nitrogens with zero attached hydrogens (tertiary/aromatic N) is 1. The number of halogens is 1. The molecule has 1 heterocycles. The van der Waals surface area contributed by atoms with Crippen LogP contribution in [0.15, 0.2) is 24.3 Å². The molecular weight excluding hydrogens is 294 g/mol. The van der Waals surface area contributed by atoms with Gasteiger partial charge in [-0.2, -0.15) is 0 Å². The third kappa shape index (κ3) is 4.03. The van der Waals surface area contributed by atoms with Gasteiger partial charge in [-0.05, 0) is 24.6 Å². The van der Waals surface area contributed by atoms with Crippen LogP contribution in [0.4, 0.5) is 5.13 Å². The quantitative estimate of drug-likeness (QED) is 0.892. The Morgan fingerprint density at radius 3 is 3.00 bits per heavy atom. The van der Waals surface area contributed by atoms with Crippen molar-refractivity contribution in [1.29, 1.82) is 0 Å². The van der Waals surface area contributed by atoms with Gasteiger partial charge in [-0.1, -0.05) is 23.7 Å². The Hall–Kier alpha value is -1.43. The van der Waals surface area contributed by atoms with Crippen LogP contribution in [0.25, 0.3) is 0 Å².